The van der Waals surface area contributed by atoms with Crippen LogP contribution in [0.3, 0.4) is 0 Å². The monoisotopic (exact) mass is 297 g/mol. The van der Waals surface area contributed by atoms with E-state index in [1.165, 1.54) is 10.8 Å². The number of anilines is 1. The second-order valence-corrected chi connectivity index (χ2v) is 5.42. The van der Waals surface area contributed by atoms with Gasteiger partial charge in [0.05, 0.1) is 17.6 Å². The molecule has 3 nitrogen and oxygen atoms in total. The van der Waals surface area contributed by atoms with Crippen LogP contribution in [0.1, 0.15) is 0 Å². The fourth-order valence-corrected chi connectivity index (χ4v) is 2.75. The summed E-state index contributed by atoms with van der Waals surface area (Å²) in [6, 6.07) is 24.6. The molecule has 0 spiro atoms. The zero-order valence-electron chi connectivity index (χ0n) is 12.5. The van der Waals surface area contributed by atoms with Crippen molar-refractivity contribution in [1.29, 1.82) is 0 Å². The minimum atomic E-state index is 0.424. The number of hydrogen-bond donors (Lipinski definition) is 1. The highest BCUT2D eigenvalue weighted by Crippen LogP contribution is 2.31. The molecular formula is C20H15N3. The zero-order valence-corrected chi connectivity index (χ0v) is 12.5. The maximum atomic E-state index is 5.86. The van der Waals surface area contributed by atoms with Crippen molar-refractivity contribution in [2.24, 2.45) is 0 Å². The fourth-order valence-electron chi connectivity index (χ4n) is 2.75. The predicted molar refractivity (Wildman–Crippen MR) is 94.8 cm³/mol. The summed E-state index contributed by atoms with van der Waals surface area (Å²) in [5, 5.41) is 2.39. The number of rotatable bonds is 2. The standard InChI is InChI=1S/C20H15N3/c21-18-13-22-19(20(23-18)15-7-2-1-3-8-15)17-11-10-14-6-4-5-9-16(14)12-17/h1-13H,(H2,21,23). The summed E-state index contributed by atoms with van der Waals surface area (Å²) < 4.78 is 0. The highest BCUT2D eigenvalue weighted by Gasteiger charge is 2.11. The lowest BCUT2D eigenvalue weighted by Crippen LogP contribution is -1.98. The van der Waals surface area contributed by atoms with Crippen molar-refractivity contribution in [3.8, 4) is 22.5 Å². The van der Waals surface area contributed by atoms with Gasteiger partial charge in [-0.15, -0.1) is 0 Å². The van der Waals surface area contributed by atoms with Gasteiger partial charge in [-0.25, -0.2) is 4.98 Å². The number of nitrogen functional groups attached to an aromatic ring is 1. The van der Waals surface area contributed by atoms with E-state index < -0.39 is 0 Å². The van der Waals surface area contributed by atoms with E-state index in [4.69, 9.17) is 5.73 Å². The molecule has 0 bridgehead atoms. The van der Waals surface area contributed by atoms with Gasteiger partial charge < -0.3 is 5.73 Å². The molecule has 0 amide bonds. The number of nitrogens with two attached hydrogens (primary N) is 1. The molecule has 0 aliphatic rings. The Morgan fingerprint density at radius 3 is 2.22 bits per heavy atom. The predicted octanol–water partition coefficient (Wildman–Crippen LogP) is 4.55. The molecule has 0 saturated heterocycles. The van der Waals surface area contributed by atoms with Crippen molar-refractivity contribution in [3.63, 3.8) is 0 Å². The van der Waals surface area contributed by atoms with E-state index in [0.29, 0.717) is 5.82 Å². The Bertz CT molecular complexity index is 978. The zero-order chi connectivity index (χ0) is 15.6. The number of benzene rings is 3. The Balaban J connectivity index is 1.94. The molecule has 0 fully saturated rings. The quantitative estimate of drug-likeness (QED) is 0.590. The minimum Gasteiger partial charge on any atom is -0.382 e. The third kappa shape index (κ3) is 2.53. The van der Waals surface area contributed by atoms with Gasteiger partial charge in [0.1, 0.15) is 5.82 Å². The molecule has 0 atom stereocenters. The lowest BCUT2D eigenvalue weighted by molar-refractivity contribution is 1.22. The lowest BCUT2D eigenvalue weighted by atomic mass is 10.0. The molecule has 4 rings (SSSR count). The van der Waals surface area contributed by atoms with Crippen molar-refractivity contribution in [3.05, 3.63) is 79.0 Å². The first-order valence-electron chi connectivity index (χ1n) is 7.48. The SMILES string of the molecule is Nc1cnc(-c2ccc3ccccc3c2)c(-c2ccccc2)n1. The molecule has 110 valence electrons. The van der Waals surface area contributed by atoms with Gasteiger partial charge >= 0.3 is 0 Å². The molecule has 3 aromatic carbocycles. The molecule has 0 aliphatic carbocycles. The molecule has 0 saturated carbocycles. The number of fused-ring (bicyclic) bond motifs is 1. The van der Waals surface area contributed by atoms with Crippen LogP contribution in [0.4, 0.5) is 5.82 Å². The van der Waals surface area contributed by atoms with Crippen LogP contribution in [0.15, 0.2) is 79.0 Å². The van der Waals surface area contributed by atoms with Crippen LogP contribution in [0, 0.1) is 0 Å². The normalized spacial score (nSPS) is 10.8. The van der Waals surface area contributed by atoms with Crippen molar-refractivity contribution in [1.82, 2.24) is 9.97 Å². The summed E-state index contributed by atoms with van der Waals surface area (Å²) in [6.07, 6.45) is 1.61. The third-order valence-corrected chi connectivity index (χ3v) is 3.86. The van der Waals surface area contributed by atoms with Gasteiger partial charge in [0.25, 0.3) is 0 Å². The van der Waals surface area contributed by atoms with Gasteiger partial charge in [-0.1, -0.05) is 66.7 Å². The van der Waals surface area contributed by atoms with Crippen LogP contribution in [-0.2, 0) is 0 Å². The number of nitrogens with zero attached hydrogens (tertiary/aromatic N) is 2. The van der Waals surface area contributed by atoms with E-state index in [0.717, 1.165) is 22.5 Å². The van der Waals surface area contributed by atoms with Crippen LogP contribution in [0.25, 0.3) is 33.3 Å². The molecule has 0 aliphatic heterocycles. The summed E-state index contributed by atoms with van der Waals surface area (Å²) in [4.78, 5) is 9.06. The van der Waals surface area contributed by atoms with Crippen LogP contribution in [-0.4, -0.2) is 9.97 Å². The minimum absolute atomic E-state index is 0.424. The van der Waals surface area contributed by atoms with Gasteiger partial charge in [0.15, 0.2) is 0 Å². The summed E-state index contributed by atoms with van der Waals surface area (Å²) in [7, 11) is 0. The topological polar surface area (TPSA) is 51.8 Å². The van der Waals surface area contributed by atoms with Crippen LogP contribution in [0.5, 0.6) is 0 Å². The Kier molecular flexibility index (Phi) is 3.24. The lowest BCUT2D eigenvalue weighted by Gasteiger charge is -2.10. The summed E-state index contributed by atoms with van der Waals surface area (Å²) in [5.41, 5.74) is 9.56. The average molecular weight is 297 g/mol. The number of hydrogen-bond acceptors (Lipinski definition) is 3. The van der Waals surface area contributed by atoms with Gasteiger partial charge in [-0.3, -0.25) is 4.98 Å². The van der Waals surface area contributed by atoms with E-state index in [2.05, 4.69) is 40.3 Å². The van der Waals surface area contributed by atoms with Crippen LogP contribution in [0.2, 0.25) is 0 Å². The maximum absolute atomic E-state index is 5.86. The Labute approximate surface area is 134 Å². The van der Waals surface area contributed by atoms with Crippen molar-refractivity contribution in [2.75, 3.05) is 5.73 Å². The van der Waals surface area contributed by atoms with Crippen molar-refractivity contribution >= 4 is 16.6 Å². The van der Waals surface area contributed by atoms with E-state index in [9.17, 15) is 0 Å². The van der Waals surface area contributed by atoms with E-state index in [1.54, 1.807) is 6.20 Å². The molecule has 23 heavy (non-hydrogen) atoms. The van der Waals surface area contributed by atoms with Gasteiger partial charge in [-0.05, 0) is 16.8 Å². The highest BCUT2D eigenvalue weighted by molar-refractivity contribution is 5.89. The Morgan fingerprint density at radius 1 is 0.652 bits per heavy atom. The van der Waals surface area contributed by atoms with E-state index in [1.807, 2.05) is 42.5 Å². The second kappa shape index (κ2) is 5.54. The molecule has 1 heterocycles. The number of aromatic nitrogens is 2. The third-order valence-electron chi connectivity index (χ3n) is 3.86. The first-order valence-corrected chi connectivity index (χ1v) is 7.48. The first-order chi connectivity index (χ1) is 11.3. The average Bonchev–Trinajstić information content (AvgIpc) is 2.62. The van der Waals surface area contributed by atoms with E-state index in [-0.39, 0.29) is 0 Å². The second-order valence-electron chi connectivity index (χ2n) is 5.42. The summed E-state index contributed by atoms with van der Waals surface area (Å²) >= 11 is 0. The van der Waals surface area contributed by atoms with Crippen LogP contribution >= 0.6 is 0 Å². The molecular weight excluding hydrogens is 282 g/mol. The molecule has 0 radical (unpaired) electrons. The smallest absolute Gasteiger partial charge is 0.142 e. The van der Waals surface area contributed by atoms with Crippen molar-refractivity contribution in [2.45, 2.75) is 0 Å². The first kappa shape index (κ1) is 13.5. The molecule has 3 heteroatoms. The van der Waals surface area contributed by atoms with Crippen molar-refractivity contribution < 1.29 is 0 Å². The molecule has 0 unspecified atom stereocenters. The fraction of sp³-hybridized carbons (Fsp3) is 0. The van der Waals surface area contributed by atoms with Crippen LogP contribution < -0.4 is 5.73 Å². The maximum Gasteiger partial charge on any atom is 0.142 e. The summed E-state index contributed by atoms with van der Waals surface area (Å²) in [5.74, 6) is 0.424. The Morgan fingerprint density at radius 2 is 1.39 bits per heavy atom. The Hall–Kier alpha value is -3.20. The molecule has 1 aromatic heterocycles. The highest BCUT2D eigenvalue weighted by atomic mass is 14.9. The summed E-state index contributed by atoms with van der Waals surface area (Å²) in [6.45, 7) is 0. The van der Waals surface area contributed by atoms with Gasteiger partial charge in [0.2, 0.25) is 0 Å². The van der Waals surface area contributed by atoms with Gasteiger partial charge in [0, 0.05) is 11.1 Å². The van der Waals surface area contributed by atoms with Gasteiger partial charge in [-0.2, -0.15) is 0 Å². The largest absolute Gasteiger partial charge is 0.382 e. The molecule has 2 N–H and O–H groups in total. The molecule has 4 aromatic rings. The van der Waals surface area contributed by atoms with E-state index >= 15 is 0 Å².